The van der Waals surface area contributed by atoms with Gasteiger partial charge >= 0.3 is 0 Å². The summed E-state index contributed by atoms with van der Waals surface area (Å²) in [5, 5.41) is 14.0. The first-order valence-corrected chi connectivity index (χ1v) is 7.75. The zero-order valence-electron chi connectivity index (χ0n) is 11.6. The molecule has 1 aromatic carbocycles. The topological polar surface area (TPSA) is 58.4 Å². The summed E-state index contributed by atoms with van der Waals surface area (Å²) in [6.07, 6.45) is 2.63. The van der Waals surface area contributed by atoms with Crippen molar-refractivity contribution >= 4 is 27.3 Å². The van der Waals surface area contributed by atoms with Gasteiger partial charge in [0.2, 0.25) is 0 Å². The summed E-state index contributed by atoms with van der Waals surface area (Å²) in [6.45, 7) is 6.63. The van der Waals surface area contributed by atoms with Crippen LogP contribution in [0.4, 0.5) is 11.4 Å². The molecule has 1 saturated heterocycles. The lowest BCUT2D eigenvalue weighted by Gasteiger charge is -2.21. The third-order valence-electron chi connectivity index (χ3n) is 3.57. The average Bonchev–Trinajstić information content (AvgIpc) is 2.90. The highest BCUT2D eigenvalue weighted by Crippen LogP contribution is 2.27. The van der Waals surface area contributed by atoms with E-state index in [1.54, 1.807) is 6.07 Å². The van der Waals surface area contributed by atoms with Crippen molar-refractivity contribution in [1.82, 2.24) is 4.90 Å². The summed E-state index contributed by atoms with van der Waals surface area (Å²) in [5.41, 5.74) is 1.01. The van der Waals surface area contributed by atoms with Crippen molar-refractivity contribution in [1.29, 1.82) is 0 Å². The number of nitro groups is 1. The molecule has 1 atom stereocenters. The number of nitrogens with zero attached hydrogens (tertiary/aromatic N) is 2. The van der Waals surface area contributed by atoms with E-state index in [9.17, 15) is 10.1 Å². The van der Waals surface area contributed by atoms with Crippen molar-refractivity contribution in [3.63, 3.8) is 0 Å². The summed E-state index contributed by atoms with van der Waals surface area (Å²) >= 11 is 3.38. The highest BCUT2D eigenvalue weighted by Gasteiger charge is 2.15. The number of hydrogen-bond acceptors (Lipinski definition) is 4. The largest absolute Gasteiger partial charge is 0.384 e. The van der Waals surface area contributed by atoms with Crippen LogP contribution in [-0.2, 0) is 0 Å². The fourth-order valence-electron chi connectivity index (χ4n) is 2.52. The maximum absolute atomic E-state index is 10.7. The van der Waals surface area contributed by atoms with Crippen molar-refractivity contribution in [3.05, 3.63) is 32.8 Å². The molecule has 0 saturated carbocycles. The fraction of sp³-hybridized carbons (Fsp3) is 0.571. The van der Waals surface area contributed by atoms with Gasteiger partial charge in [-0.25, -0.2) is 0 Å². The Balaban J connectivity index is 1.85. The summed E-state index contributed by atoms with van der Waals surface area (Å²) in [4.78, 5) is 12.8. The van der Waals surface area contributed by atoms with Gasteiger partial charge in [0.25, 0.3) is 5.69 Å². The monoisotopic (exact) mass is 341 g/mol. The number of nitrogens with one attached hydrogen (secondary N) is 1. The molecule has 1 fully saturated rings. The molecule has 0 aromatic heterocycles. The van der Waals surface area contributed by atoms with E-state index in [1.807, 2.05) is 0 Å². The summed E-state index contributed by atoms with van der Waals surface area (Å²) in [6, 6.07) is 4.82. The molecule has 1 heterocycles. The van der Waals surface area contributed by atoms with Crippen molar-refractivity contribution in [2.45, 2.75) is 19.8 Å². The Labute approximate surface area is 127 Å². The van der Waals surface area contributed by atoms with Gasteiger partial charge in [0.1, 0.15) is 0 Å². The smallest absolute Gasteiger partial charge is 0.270 e. The molecule has 20 heavy (non-hydrogen) atoms. The standard InChI is InChI=1S/C14H20BrN3O2/c1-11(10-17-6-2-3-7-17)9-16-14-5-4-12(18(19)20)8-13(14)15/h4-5,8,11,16H,2-3,6-7,9-10H2,1H3. The number of rotatable bonds is 6. The molecular formula is C14H20BrN3O2. The first kappa shape index (κ1) is 15.3. The fourth-order valence-corrected chi connectivity index (χ4v) is 3.02. The minimum atomic E-state index is -0.384. The molecule has 1 unspecified atom stereocenters. The first-order valence-electron chi connectivity index (χ1n) is 6.96. The molecule has 2 rings (SSSR count). The predicted molar refractivity (Wildman–Crippen MR) is 84.1 cm³/mol. The van der Waals surface area contributed by atoms with Crippen LogP contribution in [0.15, 0.2) is 22.7 Å². The summed E-state index contributed by atoms with van der Waals surface area (Å²) < 4.78 is 0.736. The van der Waals surface area contributed by atoms with Gasteiger partial charge in [-0.05, 0) is 53.8 Å². The molecule has 0 spiro atoms. The molecule has 0 aliphatic carbocycles. The van der Waals surface area contributed by atoms with Gasteiger partial charge in [-0.2, -0.15) is 0 Å². The number of hydrogen-bond donors (Lipinski definition) is 1. The normalized spacial score (nSPS) is 17.1. The van der Waals surface area contributed by atoms with Crippen molar-refractivity contribution in [2.24, 2.45) is 5.92 Å². The van der Waals surface area contributed by atoms with E-state index in [0.29, 0.717) is 5.92 Å². The number of halogens is 1. The Morgan fingerprint density at radius 1 is 1.45 bits per heavy atom. The van der Waals surface area contributed by atoms with Crippen LogP contribution in [0.3, 0.4) is 0 Å². The van der Waals surface area contributed by atoms with E-state index in [-0.39, 0.29) is 10.6 Å². The van der Waals surface area contributed by atoms with E-state index < -0.39 is 0 Å². The maximum atomic E-state index is 10.7. The lowest BCUT2D eigenvalue weighted by Crippen LogP contribution is -2.28. The van der Waals surface area contributed by atoms with Crippen LogP contribution in [0.5, 0.6) is 0 Å². The van der Waals surface area contributed by atoms with Crippen LogP contribution >= 0.6 is 15.9 Å². The molecule has 0 radical (unpaired) electrons. The van der Waals surface area contributed by atoms with Gasteiger partial charge in [-0.1, -0.05) is 6.92 Å². The minimum absolute atomic E-state index is 0.104. The molecule has 5 nitrogen and oxygen atoms in total. The number of anilines is 1. The van der Waals surface area contributed by atoms with Gasteiger partial charge in [0.05, 0.1) is 4.92 Å². The van der Waals surface area contributed by atoms with Crippen LogP contribution in [0.25, 0.3) is 0 Å². The summed E-state index contributed by atoms with van der Waals surface area (Å²) in [5.74, 6) is 0.551. The van der Waals surface area contributed by atoms with Crippen LogP contribution < -0.4 is 5.32 Å². The number of non-ortho nitro benzene ring substituents is 1. The Kier molecular flexibility index (Phi) is 5.37. The van der Waals surface area contributed by atoms with Gasteiger partial charge in [0, 0.05) is 35.4 Å². The first-order chi connectivity index (χ1) is 9.56. The second-order valence-electron chi connectivity index (χ2n) is 5.42. The Morgan fingerprint density at radius 3 is 2.75 bits per heavy atom. The third kappa shape index (κ3) is 4.18. The van der Waals surface area contributed by atoms with Gasteiger partial charge in [-0.15, -0.1) is 0 Å². The van der Waals surface area contributed by atoms with Crippen LogP contribution in [0.1, 0.15) is 19.8 Å². The minimum Gasteiger partial charge on any atom is -0.384 e. The molecule has 110 valence electrons. The highest BCUT2D eigenvalue weighted by atomic mass is 79.9. The molecule has 6 heteroatoms. The van der Waals surface area contributed by atoms with Crippen molar-refractivity contribution < 1.29 is 4.92 Å². The second-order valence-corrected chi connectivity index (χ2v) is 6.27. The van der Waals surface area contributed by atoms with E-state index in [1.165, 1.54) is 38.1 Å². The van der Waals surface area contributed by atoms with Crippen LogP contribution in [0.2, 0.25) is 0 Å². The lowest BCUT2D eigenvalue weighted by molar-refractivity contribution is -0.384. The molecule has 1 aliphatic rings. The Bertz CT molecular complexity index is 475. The van der Waals surface area contributed by atoms with E-state index in [2.05, 4.69) is 33.1 Å². The van der Waals surface area contributed by atoms with Gasteiger partial charge < -0.3 is 10.2 Å². The van der Waals surface area contributed by atoms with Crippen LogP contribution in [-0.4, -0.2) is 36.0 Å². The zero-order valence-corrected chi connectivity index (χ0v) is 13.2. The van der Waals surface area contributed by atoms with Gasteiger partial charge in [0.15, 0.2) is 0 Å². The zero-order chi connectivity index (χ0) is 14.5. The number of nitro benzene ring substituents is 1. The SMILES string of the molecule is CC(CNc1ccc([N+](=O)[O-])cc1Br)CN1CCCC1. The number of benzene rings is 1. The molecule has 1 aromatic rings. The quantitative estimate of drug-likeness (QED) is 0.635. The molecule has 0 bridgehead atoms. The highest BCUT2D eigenvalue weighted by molar-refractivity contribution is 9.10. The lowest BCUT2D eigenvalue weighted by atomic mass is 10.1. The molecular weight excluding hydrogens is 322 g/mol. The average molecular weight is 342 g/mol. The molecule has 1 N–H and O–H groups in total. The molecule has 1 aliphatic heterocycles. The van der Waals surface area contributed by atoms with E-state index in [0.717, 1.165) is 23.2 Å². The van der Waals surface area contributed by atoms with Crippen LogP contribution in [0, 0.1) is 16.0 Å². The summed E-state index contributed by atoms with van der Waals surface area (Å²) in [7, 11) is 0. The molecule has 0 amide bonds. The Hall–Kier alpha value is -1.14. The van der Waals surface area contributed by atoms with Crippen molar-refractivity contribution in [2.75, 3.05) is 31.5 Å². The van der Waals surface area contributed by atoms with Crippen molar-refractivity contribution in [3.8, 4) is 0 Å². The van der Waals surface area contributed by atoms with E-state index in [4.69, 9.17) is 0 Å². The third-order valence-corrected chi connectivity index (χ3v) is 4.23. The number of likely N-dealkylation sites (tertiary alicyclic amines) is 1. The van der Waals surface area contributed by atoms with E-state index >= 15 is 0 Å². The predicted octanol–water partition coefficient (Wildman–Crippen LogP) is 3.50. The maximum Gasteiger partial charge on any atom is 0.270 e. The Morgan fingerprint density at radius 2 is 2.15 bits per heavy atom. The second kappa shape index (κ2) is 7.04. The van der Waals surface area contributed by atoms with Gasteiger partial charge in [-0.3, -0.25) is 10.1 Å².